The van der Waals surface area contributed by atoms with Gasteiger partial charge in [0.05, 0.1) is 6.10 Å². The van der Waals surface area contributed by atoms with Crippen molar-refractivity contribution in [2.75, 3.05) is 7.11 Å². The molecule has 0 spiro atoms. The highest BCUT2D eigenvalue weighted by Gasteiger charge is 2.21. The Labute approximate surface area is 94.8 Å². The van der Waals surface area contributed by atoms with Gasteiger partial charge in [0.2, 0.25) is 0 Å². The van der Waals surface area contributed by atoms with E-state index in [1.165, 1.54) is 44.9 Å². The predicted octanol–water partition coefficient (Wildman–Crippen LogP) is 3.11. The van der Waals surface area contributed by atoms with Crippen LogP contribution < -0.4 is 5.32 Å². The molecule has 1 saturated carbocycles. The summed E-state index contributed by atoms with van der Waals surface area (Å²) in [6.07, 6.45) is 9.44. The number of nitrogens with one attached hydrogen (secondary N) is 1. The van der Waals surface area contributed by atoms with Crippen molar-refractivity contribution in [1.82, 2.24) is 5.32 Å². The first-order valence-corrected chi connectivity index (χ1v) is 6.59. The normalized spacial score (nSPS) is 29.0. The predicted molar refractivity (Wildman–Crippen MR) is 65.2 cm³/mol. The molecule has 1 atom stereocenters. The van der Waals surface area contributed by atoms with Crippen LogP contribution in [0.2, 0.25) is 0 Å². The van der Waals surface area contributed by atoms with Crippen LogP contribution in [0.3, 0.4) is 0 Å². The first-order chi connectivity index (χ1) is 7.30. The summed E-state index contributed by atoms with van der Waals surface area (Å²) in [6.45, 7) is 4.56. The lowest BCUT2D eigenvalue weighted by molar-refractivity contribution is 0.0609. The lowest BCUT2D eigenvalue weighted by Crippen LogP contribution is -2.41. The van der Waals surface area contributed by atoms with Crippen molar-refractivity contribution in [2.45, 2.75) is 77.0 Å². The minimum atomic E-state index is 0.523. The van der Waals surface area contributed by atoms with E-state index in [0.717, 1.165) is 12.1 Å². The molecule has 1 fully saturated rings. The van der Waals surface area contributed by atoms with Crippen LogP contribution in [0.1, 0.15) is 58.8 Å². The fourth-order valence-corrected chi connectivity index (χ4v) is 2.55. The second-order valence-corrected chi connectivity index (χ2v) is 4.77. The second-order valence-electron chi connectivity index (χ2n) is 4.77. The lowest BCUT2D eigenvalue weighted by Gasteiger charge is -2.31. The zero-order valence-electron chi connectivity index (χ0n) is 10.6. The van der Waals surface area contributed by atoms with Crippen molar-refractivity contribution < 1.29 is 4.74 Å². The Bertz CT molecular complexity index is 153. The number of hydrogen-bond donors (Lipinski definition) is 1. The Balaban J connectivity index is 2.21. The van der Waals surface area contributed by atoms with Crippen LogP contribution in [0.5, 0.6) is 0 Å². The molecule has 0 amide bonds. The van der Waals surface area contributed by atoms with Crippen LogP contribution in [0.25, 0.3) is 0 Å². The number of rotatable bonds is 6. The molecule has 1 unspecified atom stereocenters. The summed E-state index contributed by atoms with van der Waals surface area (Å²) in [5.41, 5.74) is 0. The van der Waals surface area contributed by atoms with Gasteiger partial charge in [0.25, 0.3) is 0 Å². The highest BCUT2D eigenvalue weighted by atomic mass is 16.5. The maximum atomic E-state index is 5.39. The van der Waals surface area contributed by atoms with Crippen LogP contribution in [-0.4, -0.2) is 25.3 Å². The van der Waals surface area contributed by atoms with Crippen LogP contribution in [0.4, 0.5) is 0 Å². The topological polar surface area (TPSA) is 21.3 Å². The molecular formula is C13H27NO. The van der Waals surface area contributed by atoms with Crippen molar-refractivity contribution in [3.8, 4) is 0 Å². The van der Waals surface area contributed by atoms with Crippen LogP contribution >= 0.6 is 0 Å². The zero-order valence-corrected chi connectivity index (χ0v) is 10.6. The molecule has 0 aliphatic heterocycles. The van der Waals surface area contributed by atoms with Gasteiger partial charge in [0, 0.05) is 19.2 Å². The number of hydrogen-bond acceptors (Lipinski definition) is 2. The van der Waals surface area contributed by atoms with Crippen molar-refractivity contribution in [3.05, 3.63) is 0 Å². The van der Waals surface area contributed by atoms with E-state index in [1.54, 1.807) is 0 Å². The first kappa shape index (κ1) is 13.0. The third-order valence-electron chi connectivity index (χ3n) is 3.61. The van der Waals surface area contributed by atoms with Gasteiger partial charge in [0.15, 0.2) is 0 Å². The summed E-state index contributed by atoms with van der Waals surface area (Å²) < 4.78 is 5.39. The van der Waals surface area contributed by atoms with Crippen molar-refractivity contribution in [1.29, 1.82) is 0 Å². The summed E-state index contributed by atoms with van der Waals surface area (Å²) in [4.78, 5) is 0. The molecule has 0 saturated heterocycles. The van der Waals surface area contributed by atoms with E-state index in [2.05, 4.69) is 19.2 Å². The molecule has 15 heavy (non-hydrogen) atoms. The molecule has 0 radical (unpaired) electrons. The molecule has 0 bridgehead atoms. The third-order valence-corrected chi connectivity index (χ3v) is 3.61. The Morgan fingerprint density at radius 2 is 1.87 bits per heavy atom. The molecular weight excluding hydrogens is 186 g/mol. The van der Waals surface area contributed by atoms with Gasteiger partial charge in [0.1, 0.15) is 0 Å². The summed E-state index contributed by atoms with van der Waals surface area (Å²) in [5, 5.41) is 3.80. The van der Waals surface area contributed by atoms with Gasteiger partial charge in [-0.1, -0.05) is 20.3 Å². The van der Waals surface area contributed by atoms with E-state index in [1.807, 2.05) is 7.11 Å². The smallest absolute Gasteiger partial charge is 0.0572 e. The van der Waals surface area contributed by atoms with E-state index in [4.69, 9.17) is 4.74 Å². The van der Waals surface area contributed by atoms with Crippen LogP contribution in [0.15, 0.2) is 0 Å². The van der Waals surface area contributed by atoms with Gasteiger partial charge in [-0.25, -0.2) is 0 Å². The Morgan fingerprint density at radius 1 is 1.20 bits per heavy atom. The molecule has 2 nitrogen and oxygen atoms in total. The lowest BCUT2D eigenvalue weighted by atomic mass is 9.92. The maximum absolute atomic E-state index is 5.39. The SMILES string of the molecule is CCCC(CC)NC1CCC(OC)CC1. The second kappa shape index (κ2) is 7.24. The molecule has 1 aliphatic carbocycles. The van der Waals surface area contributed by atoms with Gasteiger partial charge in [-0.15, -0.1) is 0 Å². The molecule has 0 heterocycles. The largest absolute Gasteiger partial charge is 0.381 e. The Kier molecular flexibility index (Phi) is 6.26. The number of methoxy groups -OCH3 is 1. The minimum Gasteiger partial charge on any atom is -0.381 e. The van der Waals surface area contributed by atoms with Gasteiger partial charge in [-0.05, 0) is 38.5 Å². The number of ether oxygens (including phenoxy) is 1. The molecule has 1 rings (SSSR count). The molecule has 2 heteroatoms. The first-order valence-electron chi connectivity index (χ1n) is 6.59. The van der Waals surface area contributed by atoms with Gasteiger partial charge in [-0.3, -0.25) is 0 Å². The third kappa shape index (κ3) is 4.52. The van der Waals surface area contributed by atoms with E-state index >= 15 is 0 Å². The maximum Gasteiger partial charge on any atom is 0.0572 e. The molecule has 1 N–H and O–H groups in total. The van der Waals surface area contributed by atoms with Gasteiger partial charge >= 0.3 is 0 Å². The fourth-order valence-electron chi connectivity index (χ4n) is 2.55. The Hall–Kier alpha value is -0.0800. The standard InChI is InChI=1S/C13H27NO/c1-4-6-11(5-2)14-12-7-9-13(15-3)10-8-12/h11-14H,4-10H2,1-3H3. The zero-order chi connectivity index (χ0) is 11.1. The molecule has 0 aromatic carbocycles. The van der Waals surface area contributed by atoms with E-state index in [0.29, 0.717) is 6.10 Å². The minimum absolute atomic E-state index is 0.523. The van der Waals surface area contributed by atoms with Gasteiger partial charge < -0.3 is 10.1 Å². The quantitative estimate of drug-likeness (QED) is 0.732. The van der Waals surface area contributed by atoms with Crippen molar-refractivity contribution in [2.24, 2.45) is 0 Å². The van der Waals surface area contributed by atoms with Gasteiger partial charge in [-0.2, -0.15) is 0 Å². The molecule has 90 valence electrons. The van der Waals surface area contributed by atoms with Crippen molar-refractivity contribution >= 4 is 0 Å². The van der Waals surface area contributed by atoms with Crippen LogP contribution in [0, 0.1) is 0 Å². The van der Waals surface area contributed by atoms with Crippen molar-refractivity contribution in [3.63, 3.8) is 0 Å². The monoisotopic (exact) mass is 213 g/mol. The highest BCUT2D eigenvalue weighted by molar-refractivity contribution is 4.80. The van der Waals surface area contributed by atoms with E-state index < -0.39 is 0 Å². The van der Waals surface area contributed by atoms with E-state index in [9.17, 15) is 0 Å². The molecule has 0 aromatic heterocycles. The highest BCUT2D eigenvalue weighted by Crippen LogP contribution is 2.21. The average Bonchev–Trinajstić information content (AvgIpc) is 2.29. The summed E-state index contributed by atoms with van der Waals surface area (Å²) >= 11 is 0. The summed E-state index contributed by atoms with van der Waals surface area (Å²) in [6, 6.07) is 1.48. The summed E-state index contributed by atoms with van der Waals surface area (Å²) in [7, 11) is 1.84. The summed E-state index contributed by atoms with van der Waals surface area (Å²) in [5.74, 6) is 0. The Morgan fingerprint density at radius 3 is 2.33 bits per heavy atom. The molecule has 1 aliphatic rings. The average molecular weight is 213 g/mol. The van der Waals surface area contributed by atoms with Crippen LogP contribution in [-0.2, 0) is 4.74 Å². The fraction of sp³-hybridized carbons (Fsp3) is 1.00. The van der Waals surface area contributed by atoms with E-state index in [-0.39, 0.29) is 0 Å². The molecule has 0 aromatic rings.